The number of rotatable bonds is 4. The zero-order chi connectivity index (χ0) is 14.8. The number of benzene rings is 1. The van der Waals surface area contributed by atoms with Crippen LogP contribution in [-0.4, -0.2) is 27.9 Å². The van der Waals surface area contributed by atoms with Crippen molar-refractivity contribution < 1.29 is 9.59 Å². The van der Waals surface area contributed by atoms with Crippen LogP contribution in [0.25, 0.3) is 11.0 Å². The van der Waals surface area contributed by atoms with Gasteiger partial charge in [0.25, 0.3) is 0 Å². The summed E-state index contributed by atoms with van der Waals surface area (Å²) in [7, 11) is 0. The van der Waals surface area contributed by atoms with Gasteiger partial charge in [0, 0.05) is 6.54 Å². The van der Waals surface area contributed by atoms with Crippen LogP contribution in [0.2, 0.25) is 0 Å². The average molecular weight is 286 g/mol. The Bertz CT molecular complexity index is 692. The SMILES string of the molecule is CCCCNC(=O)[C@H]1CC(=O)Nc2nc3ccccc3n21. The highest BCUT2D eigenvalue weighted by Gasteiger charge is 2.32. The molecule has 0 radical (unpaired) electrons. The number of anilines is 1. The van der Waals surface area contributed by atoms with E-state index in [1.54, 1.807) is 0 Å². The molecule has 1 aromatic heterocycles. The zero-order valence-electron chi connectivity index (χ0n) is 11.9. The summed E-state index contributed by atoms with van der Waals surface area (Å²) in [6.45, 7) is 2.71. The van der Waals surface area contributed by atoms with Crippen LogP contribution >= 0.6 is 0 Å². The smallest absolute Gasteiger partial charge is 0.243 e. The highest BCUT2D eigenvalue weighted by Crippen LogP contribution is 2.30. The average Bonchev–Trinajstić information content (AvgIpc) is 2.84. The molecule has 1 aliphatic heterocycles. The lowest BCUT2D eigenvalue weighted by Crippen LogP contribution is -2.39. The van der Waals surface area contributed by atoms with E-state index in [-0.39, 0.29) is 18.2 Å². The molecular weight excluding hydrogens is 268 g/mol. The van der Waals surface area contributed by atoms with E-state index < -0.39 is 6.04 Å². The first-order valence-electron chi connectivity index (χ1n) is 7.25. The fraction of sp³-hybridized carbons (Fsp3) is 0.400. The van der Waals surface area contributed by atoms with Gasteiger partial charge < -0.3 is 5.32 Å². The van der Waals surface area contributed by atoms with E-state index in [0.717, 1.165) is 23.9 Å². The second kappa shape index (κ2) is 5.55. The maximum Gasteiger partial charge on any atom is 0.243 e. The van der Waals surface area contributed by atoms with E-state index in [0.29, 0.717) is 12.5 Å². The van der Waals surface area contributed by atoms with Crippen molar-refractivity contribution in [3.63, 3.8) is 0 Å². The van der Waals surface area contributed by atoms with Crippen molar-refractivity contribution in [1.82, 2.24) is 14.9 Å². The minimum Gasteiger partial charge on any atom is -0.354 e. The quantitative estimate of drug-likeness (QED) is 0.842. The number of amides is 2. The van der Waals surface area contributed by atoms with Crippen LogP contribution in [0.3, 0.4) is 0 Å². The van der Waals surface area contributed by atoms with E-state index in [4.69, 9.17) is 0 Å². The van der Waals surface area contributed by atoms with Crippen molar-refractivity contribution in [2.24, 2.45) is 0 Å². The van der Waals surface area contributed by atoms with E-state index in [9.17, 15) is 9.59 Å². The molecule has 2 amide bonds. The summed E-state index contributed by atoms with van der Waals surface area (Å²) in [5.74, 6) is 0.152. The second-order valence-corrected chi connectivity index (χ2v) is 5.21. The molecule has 1 aliphatic rings. The van der Waals surface area contributed by atoms with Crippen molar-refractivity contribution in [2.75, 3.05) is 11.9 Å². The number of nitrogens with one attached hydrogen (secondary N) is 2. The van der Waals surface area contributed by atoms with Gasteiger partial charge in [0.05, 0.1) is 17.5 Å². The maximum absolute atomic E-state index is 12.4. The van der Waals surface area contributed by atoms with Gasteiger partial charge in [0.15, 0.2) is 0 Å². The number of carbonyl (C=O) groups excluding carboxylic acids is 2. The summed E-state index contributed by atoms with van der Waals surface area (Å²) in [4.78, 5) is 28.6. The van der Waals surface area contributed by atoms with Crippen molar-refractivity contribution in [2.45, 2.75) is 32.2 Å². The molecule has 0 spiro atoms. The Morgan fingerprint density at radius 1 is 1.48 bits per heavy atom. The lowest BCUT2D eigenvalue weighted by Gasteiger charge is -2.24. The molecule has 2 aromatic rings. The highest BCUT2D eigenvalue weighted by atomic mass is 16.2. The molecule has 0 bridgehead atoms. The van der Waals surface area contributed by atoms with Gasteiger partial charge in [-0.3, -0.25) is 19.5 Å². The fourth-order valence-corrected chi connectivity index (χ4v) is 2.61. The number of hydrogen-bond acceptors (Lipinski definition) is 3. The first kappa shape index (κ1) is 13.6. The number of fused-ring (bicyclic) bond motifs is 3. The Hall–Kier alpha value is -2.37. The van der Waals surface area contributed by atoms with Crippen LogP contribution in [0.1, 0.15) is 32.2 Å². The van der Waals surface area contributed by atoms with Crippen LogP contribution in [0.4, 0.5) is 5.95 Å². The first-order valence-corrected chi connectivity index (χ1v) is 7.25. The van der Waals surface area contributed by atoms with Crippen molar-refractivity contribution >= 4 is 28.8 Å². The molecule has 3 rings (SSSR count). The minimum atomic E-state index is -0.530. The third-order valence-electron chi connectivity index (χ3n) is 3.67. The second-order valence-electron chi connectivity index (χ2n) is 5.21. The number of aromatic nitrogens is 2. The van der Waals surface area contributed by atoms with Crippen molar-refractivity contribution in [3.05, 3.63) is 24.3 Å². The third-order valence-corrected chi connectivity index (χ3v) is 3.67. The number of hydrogen-bond donors (Lipinski definition) is 2. The standard InChI is InChI=1S/C15H18N4O2/c1-2-3-8-16-14(21)12-9-13(20)18-15-17-10-6-4-5-7-11(10)19(12)15/h4-7,12H,2-3,8-9H2,1H3,(H,16,21)(H,17,18,20)/t12-/m1/s1. The Balaban J connectivity index is 1.96. The molecule has 0 aliphatic carbocycles. The molecule has 21 heavy (non-hydrogen) atoms. The molecule has 0 saturated carbocycles. The van der Waals surface area contributed by atoms with Crippen molar-refractivity contribution in [1.29, 1.82) is 0 Å². The highest BCUT2D eigenvalue weighted by molar-refractivity contribution is 5.99. The Kier molecular flexibility index (Phi) is 3.60. The summed E-state index contributed by atoms with van der Waals surface area (Å²) in [5.41, 5.74) is 1.64. The van der Waals surface area contributed by atoms with Crippen molar-refractivity contribution in [3.8, 4) is 0 Å². The summed E-state index contributed by atoms with van der Waals surface area (Å²) >= 11 is 0. The van der Waals surface area contributed by atoms with E-state index >= 15 is 0 Å². The van der Waals surface area contributed by atoms with Gasteiger partial charge in [-0.15, -0.1) is 0 Å². The molecule has 2 N–H and O–H groups in total. The van der Waals surface area contributed by atoms with Crippen LogP contribution in [0.5, 0.6) is 0 Å². The number of nitrogens with zero attached hydrogens (tertiary/aromatic N) is 2. The third kappa shape index (κ3) is 2.49. The van der Waals surface area contributed by atoms with E-state index in [1.807, 2.05) is 28.8 Å². The lowest BCUT2D eigenvalue weighted by atomic mass is 10.1. The molecule has 2 heterocycles. The van der Waals surface area contributed by atoms with Crippen LogP contribution < -0.4 is 10.6 Å². The molecule has 0 fully saturated rings. The maximum atomic E-state index is 12.4. The fourth-order valence-electron chi connectivity index (χ4n) is 2.61. The summed E-state index contributed by atoms with van der Waals surface area (Å²) in [5, 5.41) is 5.64. The normalized spacial score (nSPS) is 17.4. The van der Waals surface area contributed by atoms with Crippen LogP contribution in [-0.2, 0) is 9.59 Å². The number of unbranched alkanes of at least 4 members (excludes halogenated alkanes) is 1. The lowest BCUT2D eigenvalue weighted by molar-refractivity contribution is -0.128. The predicted molar refractivity (Wildman–Crippen MR) is 79.9 cm³/mol. The predicted octanol–water partition coefficient (Wildman–Crippen LogP) is 1.84. The zero-order valence-corrected chi connectivity index (χ0v) is 11.9. The molecular formula is C15H18N4O2. The van der Waals surface area contributed by atoms with Gasteiger partial charge in [-0.2, -0.15) is 0 Å². The first-order chi connectivity index (χ1) is 10.2. The van der Waals surface area contributed by atoms with Gasteiger partial charge in [-0.1, -0.05) is 25.5 Å². The van der Waals surface area contributed by atoms with Crippen LogP contribution in [0, 0.1) is 0 Å². The van der Waals surface area contributed by atoms with Gasteiger partial charge in [-0.05, 0) is 18.6 Å². The van der Waals surface area contributed by atoms with Gasteiger partial charge in [0.1, 0.15) is 6.04 Å². The minimum absolute atomic E-state index is 0.122. The van der Waals surface area contributed by atoms with Crippen LogP contribution in [0.15, 0.2) is 24.3 Å². The molecule has 6 heteroatoms. The number of para-hydroxylation sites is 2. The summed E-state index contributed by atoms with van der Waals surface area (Å²) < 4.78 is 1.82. The Morgan fingerprint density at radius 2 is 2.29 bits per heavy atom. The molecule has 0 unspecified atom stereocenters. The molecule has 110 valence electrons. The number of imidazole rings is 1. The monoisotopic (exact) mass is 286 g/mol. The molecule has 1 aromatic carbocycles. The van der Waals surface area contributed by atoms with E-state index in [2.05, 4.69) is 22.5 Å². The summed E-state index contributed by atoms with van der Waals surface area (Å²) in [6.07, 6.45) is 2.10. The molecule has 0 saturated heterocycles. The largest absolute Gasteiger partial charge is 0.354 e. The Morgan fingerprint density at radius 3 is 3.10 bits per heavy atom. The topological polar surface area (TPSA) is 76.0 Å². The number of carbonyl (C=O) groups is 2. The summed E-state index contributed by atoms with van der Waals surface area (Å²) in [6, 6.07) is 7.05. The molecule has 1 atom stereocenters. The van der Waals surface area contributed by atoms with Gasteiger partial charge in [0.2, 0.25) is 17.8 Å². The molecule has 6 nitrogen and oxygen atoms in total. The van der Waals surface area contributed by atoms with Gasteiger partial charge >= 0.3 is 0 Å². The van der Waals surface area contributed by atoms with Gasteiger partial charge in [-0.25, -0.2) is 4.98 Å². The Labute approximate surface area is 122 Å². The van der Waals surface area contributed by atoms with E-state index in [1.165, 1.54) is 0 Å².